The molecule has 4 nitrogen and oxygen atoms in total. The Hall–Kier alpha value is -2.54. The standard InChI is InChI=1S/C17H15F2N3OS/c1-11-2-4-12(5-3-11)9-20-17-22(16(23)21-24-17)10-13-6-7-14(18)15(19)8-13/h2-8H,9-10H2,1H3,(H,21,23)/b20-17-. The fraction of sp³-hybridized carbons (Fsp3) is 0.176. The summed E-state index contributed by atoms with van der Waals surface area (Å²) in [7, 11) is 0. The van der Waals surface area contributed by atoms with Crippen LogP contribution in [0.2, 0.25) is 0 Å². The van der Waals surface area contributed by atoms with Crippen molar-refractivity contribution in [3.8, 4) is 0 Å². The molecule has 7 heteroatoms. The summed E-state index contributed by atoms with van der Waals surface area (Å²) in [5.74, 6) is -1.84. The van der Waals surface area contributed by atoms with Gasteiger partial charge in [-0.05, 0) is 41.7 Å². The molecule has 0 saturated carbocycles. The Morgan fingerprint density at radius 3 is 2.50 bits per heavy atom. The maximum atomic E-state index is 13.3. The number of aromatic nitrogens is 2. The minimum atomic E-state index is -0.932. The topological polar surface area (TPSA) is 50.1 Å². The van der Waals surface area contributed by atoms with Crippen molar-refractivity contribution in [2.75, 3.05) is 0 Å². The van der Waals surface area contributed by atoms with E-state index in [-0.39, 0.29) is 12.2 Å². The monoisotopic (exact) mass is 347 g/mol. The summed E-state index contributed by atoms with van der Waals surface area (Å²) < 4.78 is 30.4. The third-order valence-electron chi connectivity index (χ3n) is 3.55. The first-order valence-electron chi connectivity index (χ1n) is 7.31. The molecule has 0 aliphatic carbocycles. The van der Waals surface area contributed by atoms with Crippen LogP contribution in [0.3, 0.4) is 0 Å². The van der Waals surface area contributed by atoms with Crippen LogP contribution in [0.4, 0.5) is 8.78 Å². The van der Waals surface area contributed by atoms with Crippen molar-refractivity contribution in [3.63, 3.8) is 0 Å². The zero-order chi connectivity index (χ0) is 17.1. The predicted molar refractivity (Wildman–Crippen MR) is 88.8 cm³/mol. The van der Waals surface area contributed by atoms with E-state index in [0.717, 1.165) is 29.2 Å². The summed E-state index contributed by atoms with van der Waals surface area (Å²) in [4.78, 5) is 16.9. The van der Waals surface area contributed by atoms with Crippen LogP contribution >= 0.6 is 11.5 Å². The molecule has 1 aromatic heterocycles. The predicted octanol–water partition coefficient (Wildman–Crippen LogP) is 2.97. The number of nitrogens with one attached hydrogen (secondary N) is 1. The second kappa shape index (κ2) is 6.92. The molecule has 0 saturated heterocycles. The molecule has 1 N–H and O–H groups in total. The fourth-order valence-corrected chi connectivity index (χ4v) is 2.89. The Balaban J connectivity index is 1.87. The third-order valence-corrected chi connectivity index (χ3v) is 4.36. The molecule has 0 aliphatic heterocycles. The number of halogens is 2. The number of nitrogens with zero attached hydrogens (tertiary/aromatic N) is 2. The van der Waals surface area contributed by atoms with E-state index in [1.165, 1.54) is 16.2 Å². The van der Waals surface area contributed by atoms with Gasteiger partial charge in [-0.2, -0.15) is 0 Å². The molecule has 0 amide bonds. The van der Waals surface area contributed by atoms with Gasteiger partial charge in [-0.15, -0.1) is 0 Å². The third kappa shape index (κ3) is 3.68. The van der Waals surface area contributed by atoms with Crippen molar-refractivity contribution in [2.45, 2.75) is 20.0 Å². The molecule has 0 spiro atoms. The normalized spacial score (nSPS) is 11.9. The average molecular weight is 347 g/mol. The fourth-order valence-electron chi connectivity index (χ4n) is 2.22. The van der Waals surface area contributed by atoms with E-state index in [4.69, 9.17) is 0 Å². The van der Waals surface area contributed by atoms with Crippen molar-refractivity contribution in [1.82, 2.24) is 8.94 Å². The van der Waals surface area contributed by atoms with Crippen LogP contribution in [0.1, 0.15) is 16.7 Å². The second-order valence-electron chi connectivity index (χ2n) is 5.43. The first kappa shape index (κ1) is 16.3. The number of aromatic amines is 1. The van der Waals surface area contributed by atoms with Crippen molar-refractivity contribution >= 4 is 11.5 Å². The Bertz CT molecular complexity index is 970. The number of rotatable bonds is 4. The highest BCUT2D eigenvalue weighted by atomic mass is 32.1. The van der Waals surface area contributed by atoms with Crippen LogP contribution in [0, 0.1) is 18.6 Å². The van der Waals surface area contributed by atoms with E-state index in [2.05, 4.69) is 9.37 Å². The van der Waals surface area contributed by atoms with E-state index in [1.807, 2.05) is 31.2 Å². The van der Waals surface area contributed by atoms with Crippen LogP contribution in [0.15, 0.2) is 52.3 Å². The van der Waals surface area contributed by atoms with E-state index in [0.29, 0.717) is 16.9 Å². The highest BCUT2D eigenvalue weighted by Crippen LogP contribution is 2.09. The molecule has 124 valence electrons. The summed E-state index contributed by atoms with van der Waals surface area (Å²) in [5.41, 5.74) is 2.36. The Kier molecular flexibility index (Phi) is 4.71. The van der Waals surface area contributed by atoms with Gasteiger partial charge in [-0.1, -0.05) is 35.9 Å². The van der Waals surface area contributed by atoms with Crippen LogP contribution in [-0.4, -0.2) is 8.94 Å². The largest absolute Gasteiger partial charge is 0.337 e. The lowest BCUT2D eigenvalue weighted by molar-refractivity contribution is 0.506. The highest BCUT2D eigenvalue weighted by Gasteiger charge is 2.07. The van der Waals surface area contributed by atoms with Gasteiger partial charge in [0.1, 0.15) is 0 Å². The SMILES string of the molecule is Cc1ccc(C/N=c2\s[nH]c(=O)n2Cc2ccc(F)c(F)c2)cc1. The first-order valence-corrected chi connectivity index (χ1v) is 8.13. The Morgan fingerprint density at radius 2 is 1.79 bits per heavy atom. The molecule has 3 aromatic rings. The van der Waals surface area contributed by atoms with E-state index in [1.54, 1.807) is 0 Å². The summed E-state index contributed by atoms with van der Waals surface area (Å²) in [6.07, 6.45) is 0. The van der Waals surface area contributed by atoms with Gasteiger partial charge in [0.15, 0.2) is 11.6 Å². The zero-order valence-electron chi connectivity index (χ0n) is 12.9. The quantitative estimate of drug-likeness (QED) is 0.775. The van der Waals surface area contributed by atoms with Crippen molar-refractivity contribution in [3.05, 3.63) is 86.1 Å². The van der Waals surface area contributed by atoms with Crippen molar-refractivity contribution < 1.29 is 8.78 Å². The molecule has 1 heterocycles. The minimum Gasteiger partial charge on any atom is -0.264 e. The van der Waals surface area contributed by atoms with Gasteiger partial charge in [0.2, 0.25) is 4.80 Å². The van der Waals surface area contributed by atoms with Crippen LogP contribution in [-0.2, 0) is 13.1 Å². The maximum Gasteiger partial charge on any atom is 0.337 e. The summed E-state index contributed by atoms with van der Waals surface area (Å²) in [6.45, 7) is 2.57. The molecule has 0 fully saturated rings. The molecule has 0 aliphatic rings. The molecule has 0 radical (unpaired) electrons. The highest BCUT2D eigenvalue weighted by molar-refractivity contribution is 7.02. The first-order chi connectivity index (χ1) is 11.5. The van der Waals surface area contributed by atoms with Gasteiger partial charge >= 0.3 is 5.69 Å². The number of hydrogen-bond donors (Lipinski definition) is 1. The molecule has 24 heavy (non-hydrogen) atoms. The second-order valence-corrected chi connectivity index (χ2v) is 6.20. The number of aryl methyl sites for hydroxylation is 1. The maximum absolute atomic E-state index is 13.3. The molecular formula is C17H15F2N3OS. The number of benzene rings is 2. The van der Waals surface area contributed by atoms with Gasteiger partial charge in [-0.3, -0.25) is 13.9 Å². The van der Waals surface area contributed by atoms with E-state index < -0.39 is 11.6 Å². The van der Waals surface area contributed by atoms with Crippen LogP contribution in [0.5, 0.6) is 0 Å². The van der Waals surface area contributed by atoms with E-state index >= 15 is 0 Å². The molecule has 0 unspecified atom stereocenters. The Morgan fingerprint density at radius 1 is 1.08 bits per heavy atom. The zero-order valence-corrected chi connectivity index (χ0v) is 13.7. The minimum absolute atomic E-state index is 0.128. The smallest absolute Gasteiger partial charge is 0.264 e. The molecule has 0 bridgehead atoms. The van der Waals surface area contributed by atoms with Crippen LogP contribution in [0.25, 0.3) is 0 Å². The summed E-state index contributed by atoms with van der Waals surface area (Å²) in [5, 5.41) is 0. The Labute approximate surface area is 140 Å². The molecular weight excluding hydrogens is 332 g/mol. The van der Waals surface area contributed by atoms with Gasteiger partial charge in [0, 0.05) is 0 Å². The number of H-pyrrole nitrogens is 1. The average Bonchev–Trinajstić information content (AvgIpc) is 2.91. The van der Waals surface area contributed by atoms with Crippen molar-refractivity contribution in [1.29, 1.82) is 0 Å². The van der Waals surface area contributed by atoms with Crippen molar-refractivity contribution in [2.24, 2.45) is 4.99 Å². The van der Waals surface area contributed by atoms with Gasteiger partial charge in [0.25, 0.3) is 0 Å². The van der Waals surface area contributed by atoms with Crippen LogP contribution < -0.4 is 10.5 Å². The van der Waals surface area contributed by atoms with Gasteiger partial charge in [0.05, 0.1) is 13.1 Å². The number of hydrogen-bond acceptors (Lipinski definition) is 3. The van der Waals surface area contributed by atoms with Gasteiger partial charge in [-0.25, -0.2) is 13.6 Å². The summed E-state index contributed by atoms with van der Waals surface area (Å²) in [6, 6.07) is 11.5. The molecule has 3 rings (SSSR count). The van der Waals surface area contributed by atoms with E-state index in [9.17, 15) is 13.6 Å². The van der Waals surface area contributed by atoms with Gasteiger partial charge < -0.3 is 0 Å². The lowest BCUT2D eigenvalue weighted by atomic mass is 10.1. The summed E-state index contributed by atoms with van der Waals surface area (Å²) >= 11 is 1.12. The molecule has 2 aromatic carbocycles. The lowest BCUT2D eigenvalue weighted by Crippen LogP contribution is -2.27. The molecule has 0 atom stereocenters. The lowest BCUT2D eigenvalue weighted by Gasteiger charge is -2.03.